The number of alkyl halides is 2. The predicted molar refractivity (Wildman–Crippen MR) is 71.8 cm³/mol. The van der Waals surface area contributed by atoms with Crippen LogP contribution in [-0.2, 0) is 0 Å². The number of tetrazole rings is 1. The maximum absolute atomic E-state index is 12.7. The molecule has 0 aliphatic carbocycles. The highest BCUT2D eigenvalue weighted by molar-refractivity contribution is 5.24. The summed E-state index contributed by atoms with van der Waals surface area (Å²) in [6.07, 6.45) is 0. The van der Waals surface area contributed by atoms with Gasteiger partial charge in [-0.3, -0.25) is 4.90 Å². The third-order valence-electron chi connectivity index (χ3n) is 3.49. The molecule has 3 rings (SSSR count). The molecule has 1 saturated heterocycles. The summed E-state index contributed by atoms with van der Waals surface area (Å²) in [5, 5.41) is 14.4. The zero-order valence-corrected chi connectivity index (χ0v) is 11.4. The molecule has 0 spiro atoms. The summed E-state index contributed by atoms with van der Waals surface area (Å²) >= 11 is 0. The minimum absolute atomic E-state index is 0.249. The van der Waals surface area contributed by atoms with Gasteiger partial charge in [-0.2, -0.15) is 8.78 Å². The molecule has 0 bridgehead atoms. The number of hydrogen-bond donors (Lipinski definition) is 1. The molecule has 21 heavy (non-hydrogen) atoms. The lowest BCUT2D eigenvalue weighted by Gasteiger charge is -2.33. The number of aromatic nitrogens is 4. The molecule has 1 aromatic heterocycles. The minimum Gasteiger partial charge on any atom is -0.314 e. The molecule has 2 aromatic rings. The number of nitrogens with zero attached hydrogens (tertiary/aromatic N) is 5. The van der Waals surface area contributed by atoms with Gasteiger partial charge in [0.05, 0.1) is 6.04 Å². The highest BCUT2D eigenvalue weighted by atomic mass is 19.3. The van der Waals surface area contributed by atoms with Gasteiger partial charge in [0.25, 0.3) is 0 Å². The van der Waals surface area contributed by atoms with Crippen LogP contribution in [0.3, 0.4) is 0 Å². The average Bonchev–Trinajstić information content (AvgIpc) is 3.00. The van der Waals surface area contributed by atoms with E-state index in [1.807, 2.05) is 30.3 Å². The van der Waals surface area contributed by atoms with Gasteiger partial charge in [-0.1, -0.05) is 35.1 Å². The second kappa shape index (κ2) is 6.23. The molecule has 1 aliphatic heterocycles. The van der Waals surface area contributed by atoms with Crippen LogP contribution >= 0.6 is 0 Å². The molecular weight excluding hydrogens is 278 g/mol. The molecule has 8 heteroatoms. The number of piperazine rings is 1. The van der Waals surface area contributed by atoms with Crippen LogP contribution in [0.2, 0.25) is 0 Å². The van der Waals surface area contributed by atoms with E-state index in [0.29, 0.717) is 10.6 Å². The van der Waals surface area contributed by atoms with Crippen molar-refractivity contribution in [3.63, 3.8) is 0 Å². The van der Waals surface area contributed by atoms with Crippen molar-refractivity contribution < 1.29 is 8.78 Å². The summed E-state index contributed by atoms with van der Waals surface area (Å²) in [6, 6.07) is 9.41. The first-order valence-electron chi connectivity index (χ1n) is 6.83. The summed E-state index contributed by atoms with van der Waals surface area (Å²) in [4.78, 5) is 2.53. The highest BCUT2D eigenvalue weighted by Gasteiger charge is 2.28. The van der Waals surface area contributed by atoms with Crippen molar-refractivity contribution >= 4 is 0 Å². The lowest BCUT2D eigenvalue weighted by atomic mass is 10.0. The first kappa shape index (κ1) is 14.0. The SMILES string of the molecule is FC(F)n1nnc(C(c2ccccc2)N2CCNCC2)n1. The van der Waals surface area contributed by atoms with Crippen LogP contribution in [0.1, 0.15) is 24.0 Å². The van der Waals surface area contributed by atoms with Gasteiger partial charge in [0, 0.05) is 26.2 Å². The van der Waals surface area contributed by atoms with Gasteiger partial charge in [-0.05, 0) is 10.8 Å². The number of rotatable bonds is 4. The lowest BCUT2D eigenvalue weighted by molar-refractivity contribution is 0.0390. The molecule has 0 radical (unpaired) electrons. The molecule has 1 N–H and O–H groups in total. The Kier molecular flexibility index (Phi) is 4.16. The van der Waals surface area contributed by atoms with Crippen LogP contribution < -0.4 is 5.32 Å². The van der Waals surface area contributed by atoms with Crippen molar-refractivity contribution in [2.75, 3.05) is 26.2 Å². The second-order valence-electron chi connectivity index (χ2n) is 4.84. The largest absolute Gasteiger partial charge is 0.350 e. The molecule has 1 atom stereocenters. The van der Waals surface area contributed by atoms with Crippen LogP contribution in [-0.4, -0.2) is 51.3 Å². The van der Waals surface area contributed by atoms with Crippen molar-refractivity contribution in [1.29, 1.82) is 0 Å². The van der Waals surface area contributed by atoms with Gasteiger partial charge >= 0.3 is 6.55 Å². The third-order valence-corrected chi connectivity index (χ3v) is 3.49. The summed E-state index contributed by atoms with van der Waals surface area (Å²) < 4.78 is 25.3. The Morgan fingerprint density at radius 2 is 1.81 bits per heavy atom. The molecule has 1 aromatic carbocycles. The fourth-order valence-corrected chi connectivity index (χ4v) is 2.53. The summed E-state index contributed by atoms with van der Waals surface area (Å²) in [5.41, 5.74) is 0.980. The zero-order valence-electron chi connectivity index (χ0n) is 11.4. The van der Waals surface area contributed by atoms with Crippen molar-refractivity contribution in [3.8, 4) is 0 Å². The molecule has 0 saturated carbocycles. The predicted octanol–water partition coefficient (Wildman–Crippen LogP) is 1.06. The van der Waals surface area contributed by atoms with E-state index in [0.717, 1.165) is 31.7 Å². The zero-order chi connectivity index (χ0) is 14.7. The van der Waals surface area contributed by atoms with E-state index in [-0.39, 0.29) is 6.04 Å². The minimum atomic E-state index is -2.77. The Bertz CT molecular complexity index is 567. The van der Waals surface area contributed by atoms with Crippen LogP contribution in [0.4, 0.5) is 8.78 Å². The van der Waals surface area contributed by atoms with Crippen LogP contribution in [0, 0.1) is 0 Å². The topological polar surface area (TPSA) is 58.9 Å². The lowest BCUT2D eigenvalue weighted by Crippen LogP contribution is -2.45. The van der Waals surface area contributed by atoms with Gasteiger partial charge < -0.3 is 5.32 Å². The normalized spacial score (nSPS) is 18.0. The fraction of sp³-hybridized carbons (Fsp3) is 0.462. The quantitative estimate of drug-likeness (QED) is 0.914. The summed E-state index contributed by atoms with van der Waals surface area (Å²) in [6.45, 7) is 0.551. The number of nitrogens with one attached hydrogen (secondary N) is 1. The molecule has 1 aliphatic rings. The average molecular weight is 294 g/mol. The summed E-state index contributed by atoms with van der Waals surface area (Å²) in [7, 11) is 0. The highest BCUT2D eigenvalue weighted by Crippen LogP contribution is 2.26. The maximum Gasteiger partial charge on any atom is 0.350 e. The molecule has 2 heterocycles. The van der Waals surface area contributed by atoms with Gasteiger partial charge in [0.15, 0.2) is 5.82 Å². The van der Waals surface area contributed by atoms with Gasteiger partial charge in [0.2, 0.25) is 0 Å². The number of hydrogen-bond acceptors (Lipinski definition) is 5. The van der Waals surface area contributed by atoms with E-state index in [9.17, 15) is 8.78 Å². The first-order chi connectivity index (χ1) is 10.3. The van der Waals surface area contributed by atoms with E-state index in [2.05, 4.69) is 25.6 Å². The molecule has 1 unspecified atom stereocenters. The van der Waals surface area contributed by atoms with E-state index in [1.165, 1.54) is 0 Å². The van der Waals surface area contributed by atoms with Crippen molar-refractivity contribution in [1.82, 2.24) is 30.4 Å². The Balaban J connectivity index is 1.94. The Morgan fingerprint density at radius 1 is 1.10 bits per heavy atom. The molecule has 112 valence electrons. The second-order valence-corrected chi connectivity index (χ2v) is 4.84. The molecular formula is C13H16F2N6. The number of halogens is 2. The smallest absolute Gasteiger partial charge is 0.314 e. The Hall–Kier alpha value is -1.93. The number of benzene rings is 1. The molecule has 6 nitrogen and oxygen atoms in total. The fourth-order valence-electron chi connectivity index (χ4n) is 2.53. The van der Waals surface area contributed by atoms with Crippen molar-refractivity contribution in [2.45, 2.75) is 12.6 Å². The standard InChI is InChI=1S/C13H16F2N6/c14-13(15)21-18-12(17-19-21)11(10-4-2-1-3-5-10)20-8-6-16-7-9-20/h1-5,11,13,16H,6-9H2. The first-order valence-corrected chi connectivity index (χ1v) is 6.83. The van der Waals surface area contributed by atoms with Gasteiger partial charge in [-0.25, -0.2) is 0 Å². The Labute approximate surface area is 120 Å². The molecule has 0 amide bonds. The van der Waals surface area contributed by atoms with E-state index in [1.54, 1.807) is 0 Å². The van der Waals surface area contributed by atoms with E-state index >= 15 is 0 Å². The van der Waals surface area contributed by atoms with Gasteiger partial charge in [-0.15, -0.1) is 10.2 Å². The van der Waals surface area contributed by atoms with Crippen molar-refractivity contribution in [2.24, 2.45) is 0 Å². The van der Waals surface area contributed by atoms with Crippen molar-refractivity contribution in [3.05, 3.63) is 41.7 Å². The van der Waals surface area contributed by atoms with Gasteiger partial charge in [0.1, 0.15) is 0 Å². The third kappa shape index (κ3) is 3.06. The molecule has 1 fully saturated rings. The Morgan fingerprint density at radius 3 is 2.43 bits per heavy atom. The summed E-state index contributed by atoms with van der Waals surface area (Å²) in [5.74, 6) is 0.309. The maximum atomic E-state index is 12.7. The van der Waals surface area contributed by atoms with Crippen LogP contribution in [0.5, 0.6) is 0 Å². The van der Waals surface area contributed by atoms with E-state index < -0.39 is 6.55 Å². The van der Waals surface area contributed by atoms with Crippen LogP contribution in [0.25, 0.3) is 0 Å². The van der Waals surface area contributed by atoms with E-state index in [4.69, 9.17) is 0 Å². The monoisotopic (exact) mass is 294 g/mol. The van der Waals surface area contributed by atoms with Crippen LogP contribution in [0.15, 0.2) is 30.3 Å².